The standard InChI is InChI=1S/C15H10BrClFN3O2.C2H7NO5S/c1-21-6-19-14-11(21)5-8(15(22)23)13(12(14)18)20-10-3-2-7(16)4-9(10)17;4-1-2-8-3-9(5,6)7/h2-6,20H,1H3,(H,22,23);3-4H,1-2H2,(H,5,6,7). The Morgan fingerprint density at radius 1 is 1.38 bits per heavy atom. The first-order valence-corrected chi connectivity index (χ1v) is 11.1. The molecule has 1 aromatic heterocycles. The number of fused-ring (bicyclic) bond motifs is 1. The van der Waals surface area contributed by atoms with Crippen LogP contribution in [-0.2, 0) is 22.2 Å². The molecule has 5 N–H and O–H groups in total. The van der Waals surface area contributed by atoms with Gasteiger partial charge in [-0.2, -0.15) is 8.42 Å². The number of aliphatic hydroxyl groups excluding tert-OH is 1. The molecule has 174 valence electrons. The van der Waals surface area contributed by atoms with Crippen LogP contribution in [0, 0.1) is 5.82 Å². The molecule has 0 spiro atoms. The van der Waals surface area contributed by atoms with Gasteiger partial charge in [-0.3, -0.25) is 9.39 Å². The van der Waals surface area contributed by atoms with Crippen LogP contribution >= 0.6 is 27.5 Å². The maximum Gasteiger partial charge on any atom is 0.355 e. The number of aromatic nitrogens is 2. The second-order valence-electron chi connectivity index (χ2n) is 6.02. The number of imidazole rings is 1. The Balaban J connectivity index is 0.000000344. The molecule has 32 heavy (non-hydrogen) atoms. The predicted octanol–water partition coefficient (Wildman–Crippen LogP) is 2.87. The van der Waals surface area contributed by atoms with E-state index in [0.29, 0.717) is 16.2 Å². The van der Waals surface area contributed by atoms with Crippen molar-refractivity contribution in [2.45, 2.75) is 0 Å². The molecule has 0 radical (unpaired) electrons. The lowest BCUT2D eigenvalue weighted by Crippen LogP contribution is -2.24. The fraction of sp³-hybridized carbons (Fsp3) is 0.176. The van der Waals surface area contributed by atoms with Gasteiger partial charge in [0.05, 0.1) is 47.0 Å². The number of halogens is 3. The minimum Gasteiger partial charge on any atom is -0.478 e. The summed E-state index contributed by atoms with van der Waals surface area (Å²) < 4.78 is 44.4. The second kappa shape index (κ2) is 11.0. The van der Waals surface area contributed by atoms with Crippen molar-refractivity contribution < 1.29 is 37.2 Å². The van der Waals surface area contributed by atoms with E-state index in [0.717, 1.165) is 4.47 Å². The molecule has 3 rings (SSSR count). The van der Waals surface area contributed by atoms with Crippen LogP contribution in [0.3, 0.4) is 0 Å². The number of benzene rings is 2. The third-order valence-electron chi connectivity index (χ3n) is 3.74. The van der Waals surface area contributed by atoms with E-state index in [2.05, 4.69) is 31.1 Å². The molecule has 1 heterocycles. The smallest absolute Gasteiger partial charge is 0.355 e. The molecule has 0 aliphatic heterocycles. The zero-order valence-corrected chi connectivity index (χ0v) is 19.4. The lowest BCUT2D eigenvalue weighted by Gasteiger charge is -2.13. The van der Waals surface area contributed by atoms with Crippen LogP contribution < -0.4 is 10.2 Å². The largest absolute Gasteiger partial charge is 0.478 e. The summed E-state index contributed by atoms with van der Waals surface area (Å²) in [6, 6.07) is 6.34. The van der Waals surface area contributed by atoms with Crippen LogP contribution in [0.25, 0.3) is 11.0 Å². The summed E-state index contributed by atoms with van der Waals surface area (Å²) in [5.74, 6) is -1.98. The molecule has 15 heteroatoms. The Bertz CT molecular complexity index is 1240. The van der Waals surface area contributed by atoms with E-state index >= 15 is 0 Å². The van der Waals surface area contributed by atoms with Crippen molar-refractivity contribution in [3.8, 4) is 0 Å². The second-order valence-corrected chi connectivity index (χ2v) is 8.46. The van der Waals surface area contributed by atoms with Crippen LogP contribution in [0.5, 0.6) is 0 Å². The zero-order valence-electron chi connectivity index (χ0n) is 16.2. The molecule has 0 fully saturated rings. The molecule has 11 nitrogen and oxygen atoms in total. The normalized spacial score (nSPS) is 11.2. The Hall–Kier alpha value is -2.33. The summed E-state index contributed by atoms with van der Waals surface area (Å²) in [6.45, 7) is -0.512. The Morgan fingerprint density at radius 3 is 2.62 bits per heavy atom. The third kappa shape index (κ3) is 6.83. The van der Waals surface area contributed by atoms with Crippen molar-refractivity contribution in [1.29, 1.82) is 0 Å². The van der Waals surface area contributed by atoms with Gasteiger partial charge in [0.15, 0.2) is 5.82 Å². The number of aromatic carboxylic acids is 1. The van der Waals surface area contributed by atoms with E-state index in [1.807, 2.05) is 0 Å². The fourth-order valence-electron chi connectivity index (χ4n) is 2.40. The van der Waals surface area contributed by atoms with Gasteiger partial charge in [0.2, 0.25) is 0 Å². The number of hydrogen-bond acceptors (Lipinski definition) is 7. The summed E-state index contributed by atoms with van der Waals surface area (Å²) in [5.41, 5.74) is 0.512. The first-order valence-electron chi connectivity index (χ1n) is 8.50. The fourth-order valence-corrected chi connectivity index (χ4v) is 3.36. The van der Waals surface area contributed by atoms with Crippen molar-refractivity contribution in [2.24, 2.45) is 7.05 Å². The summed E-state index contributed by atoms with van der Waals surface area (Å²) in [5, 5.41) is 20.5. The number of nitrogens with one attached hydrogen (secondary N) is 2. The molecule has 0 bridgehead atoms. The van der Waals surface area contributed by atoms with Gasteiger partial charge in [0, 0.05) is 11.5 Å². The number of rotatable bonds is 7. The van der Waals surface area contributed by atoms with E-state index in [1.54, 1.807) is 29.8 Å². The SMILES string of the molecule is Cn1cnc2c(F)c(Nc3ccc(Br)cc3Cl)c(C(=O)O)cc21.O=S(=O)(O)NOCCO. The van der Waals surface area contributed by atoms with E-state index in [4.69, 9.17) is 21.3 Å². The summed E-state index contributed by atoms with van der Waals surface area (Å²) in [7, 11) is -2.61. The number of hydrogen-bond donors (Lipinski definition) is 5. The third-order valence-corrected chi connectivity index (χ3v) is 4.87. The highest BCUT2D eigenvalue weighted by Crippen LogP contribution is 2.34. The van der Waals surface area contributed by atoms with Crippen molar-refractivity contribution in [2.75, 3.05) is 18.5 Å². The molecular formula is C17H17BrClFN4O7S. The molecule has 0 saturated carbocycles. The Morgan fingerprint density at radius 2 is 2.06 bits per heavy atom. The number of anilines is 2. The van der Waals surface area contributed by atoms with Crippen molar-refractivity contribution in [3.05, 3.63) is 51.5 Å². The van der Waals surface area contributed by atoms with E-state index in [1.165, 1.54) is 17.3 Å². The molecule has 0 unspecified atom stereocenters. The van der Waals surface area contributed by atoms with Crippen LogP contribution in [0.2, 0.25) is 5.02 Å². The van der Waals surface area contributed by atoms with Crippen LogP contribution in [0.15, 0.2) is 35.1 Å². The number of nitrogens with zero attached hydrogens (tertiary/aromatic N) is 2. The molecule has 3 aromatic rings. The lowest BCUT2D eigenvalue weighted by molar-refractivity contribution is 0.0555. The van der Waals surface area contributed by atoms with Gasteiger partial charge in [0.1, 0.15) is 5.52 Å². The molecule has 2 aromatic carbocycles. The van der Waals surface area contributed by atoms with Crippen molar-refractivity contribution in [1.82, 2.24) is 14.4 Å². The van der Waals surface area contributed by atoms with Gasteiger partial charge in [-0.25, -0.2) is 14.2 Å². The Labute approximate surface area is 194 Å². The van der Waals surface area contributed by atoms with Gasteiger partial charge in [-0.1, -0.05) is 32.4 Å². The molecule has 0 aliphatic rings. The van der Waals surface area contributed by atoms with Crippen LogP contribution in [0.4, 0.5) is 15.8 Å². The lowest BCUT2D eigenvalue weighted by atomic mass is 10.1. The van der Waals surface area contributed by atoms with Gasteiger partial charge < -0.3 is 20.1 Å². The van der Waals surface area contributed by atoms with Gasteiger partial charge in [-0.15, -0.1) is 0 Å². The van der Waals surface area contributed by atoms with Crippen LogP contribution in [0.1, 0.15) is 10.4 Å². The molecule has 0 saturated heterocycles. The first kappa shape index (κ1) is 25.9. The van der Waals surface area contributed by atoms with E-state index in [9.17, 15) is 22.7 Å². The van der Waals surface area contributed by atoms with Crippen molar-refractivity contribution >= 4 is 66.2 Å². The predicted molar refractivity (Wildman–Crippen MR) is 118 cm³/mol. The summed E-state index contributed by atoms with van der Waals surface area (Å²) >= 11 is 9.38. The van der Waals surface area contributed by atoms with Crippen molar-refractivity contribution in [3.63, 3.8) is 0 Å². The topological polar surface area (TPSA) is 163 Å². The monoisotopic (exact) mass is 554 g/mol. The maximum absolute atomic E-state index is 14.7. The number of carbonyl (C=O) groups is 1. The van der Waals surface area contributed by atoms with E-state index in [-0.39, 0.29) is 30.0 Å². The van der Waals surface area contributed by atoms with Gasteiger partial charge in [0.25, 0.3) is 0 Å². The molecule has 0 amide bonds. The summed E-state index contributed by atoms with van der Waals surface area (Å²) in [4.78, 5) is 20.8. The highest BCUT2D eigenvalue weighted by Gasteiger charge is 2.21. The quantitative estimate of drug-likeness (QED) is 0.168. The Kier molecular flexibility index (Phi) is 8.91. The zero-order chi connectivity index (χ0) is 24.1. The minimum atomic E-state index is -4.28. The highest BCUT2D eigenvalue weighted by molar-refractivity contribution is 9.10. The van der Waals surface area contributed by atoms with Gasteiger partial charge in [-0.05, 0) is 24.3 Å². The number of aryl methyl sites for hydroxylation is 1. The van der Waals surface area contributed by atoms with Gasteiger partial charge >= 0.3 is 16.3 Å². The average molecular weight is 556 g/mol. The highest BCUT2D eigenvalue weighted by atomic mass is 79.9. The van der Waals surface area contributed by atoms with E-state index < -0.39 is 22.1 Å². The maximum atomic E-state index is 14.7. The number of aliphatic hydroxyl groups is 1. The molecule has 0 atom stereocenters. The molecular weight excluding hydrogens is 539 g/mol. The van der Waals surface area contributed by atoms with Crippen LogP contribution in [-0.4, -0.2) is 51.9 Å². The first-order chi connectivity index (χ1) is 14.9. The number of carboxylic acid groups (broad SMARTS) is 1. The minimum absolute atomic E-state index is 0.0910. The molecule has 0 aliphatic carbocycles. The number of carboxylic acids is 1. The summed E-state index contributed by atoms with van der Waals surface area (Å²) in [6.07, 6.45) is 1.43. The average Bonchev–Trinajstić information content (AvgIpc) is 3.06.